The number of aryl methyl sites for hydroxylation is 1. The zero-order valence-corrected chi connectivity index (χ0v) is 13.5. The van der Waals surface area contributed by atoms with Crippen LogP contribution in [-0.2, 0) is 14.8 Å². The lowest BCUT2D eigenvalue weighted by molar-refractivity contribution is -0.143. The van der Waals surface area contributed by atoms with E-state index in [-0.39, 0.29) is 17.5 Å². The van der Waals surface area contributed by atoms with Crippen molar-refractivity contribution in [1.29, 1.82) is 0 Å². The number of nitrogens with zero attached hydrogens (tertiary/aromatic N) is 1. The number of aliphatic carboxylic acids is 1. The molecule has 0 saturated carbocycles. The van der Waals surface area contributed by atoms with Crippen molar-refractivity contribution in [1.82, 2.24) is 4.31 Å². The molecular formula is C14H18ClNO4S. The van der Waals surface area contributed by atoms with Gasteiger partial charge in [0.2, 0.25) is 10.0 Å². The molecule has 0 aliphatic carbocycles. The van der Waals surface area contributed by atoms with Gasteiger partial charge in [0.15, 0.2) is 0 Å². The molecule has 7 heteroatoms. The molecule has 2 unspecified atom stereocenters. The van der Waals surface area contributed by atoms with Crippen molar-refractivity contribution in [3.63, 3.8) is 0 Å². The Labute approximate surface area is 129 Å². The summed E-state index contributed by atoms with van der Waals surface area (Å²) >= 11 is 5.90. The van der Waals surface area contributed by atoms with Crippen LogP contribution in [0.15, 0.2) is 23.1 Å². The molecule has 116 valence electrons. The third-order valence-electron chi connectivity index (χ3n) is 3.90. The van der Waals surface area contributed by atoms with Crippen LogP contribution in [0.3, 0.4) is 0 Å². The van der Waals surface area contributed by atoms with Crippen LogP contribution >= 0.6 is 11.6 Å². The maximum Gasteiger partial charge on any atom is 0.306 e. The summed E-state index contributed by atoms with van der Waals surface area (Å²) in [4.78, 5) is 11.2. The van der Waals surface area contributed by atoms with Crippen LogP contribution in [-0.4, -0.2) is 36.4 Å². The van der Waals surface area contributed by atoms with Gasteiger partial charge in [0.05, 0.1) is 10.8 Å². The van der Waals surface area contributed by atoms with Crippen molar-refractivity contribution in [3.05, 3.63) is 28.8 Å². The average molecular weight is 332 g/mol. The summed E-state index contributed by atoms with van der Waals surface area (Å²) < 4.78 is 26.9. The van der Waals surface area contributed by atoms with Crippen molar-refractivity contribution in [3.8, 4) is 0 Å². The molecule has 1 fully saturated rings. The fourth-order valence-electron chi connectivity index (χ4n) is 2.71. The molecule has 1 aromatic carbocycles. The molecular weight excluding hydrogens is 314 g/mol. The third kappa shape index (κ3) is 3.22. The summed E-state index contributed by atoms with van der Waals surface area (Å²) in [6, 6.07) is 4.42. The second-order valence-electron chi connectivity index (χ2n) is 5.43. The highest BCUT2D eigenvalue weighted by molar-refractivity contribution is 7.89. The summed E-state index contributed by atoms with van der Waals surface area (Å²) in [5.41, 5.74) is 0.631. The number of hydrogen-bond acceptors (Lipinski definition) is 3. The fourth-order valence-corrected chi connectivity index (χ4v) is 4.86. The lowest BCUT2D eigenvalue weighted by Gasteiger charge is -2.35. The van der Waals surface area contributed by atoms with E-state index in [0.29, 0.717) is 23.4 Å². The predicted octanol–water partition coefficient (Wildman–Crippen LogP) is 2.52. The maximum atomic E-state index is 12.8. The Morgan fingerprint density at radius 1 is 1.43 bits per heavy atom. The molecule has 1 saturated heterocycles. The molecule has 1 heterocycles. The van der Waals surface area contributed by atoms with Gasteiger partial charge in [-0.05, 0) is 44.4 Å². The number of piperidine rings is 1. The zero-order valence-electron chi connectivity index (χ0n) is 11.9. The quantitative estimate of drug-likeness (QED) is 0.923. The Hall–Kier alpha value is -1.11. The summed E-state index contributed by atoms with van der Waals surface area (Å²) in [5.74, 6) is -1.34. The third-order valence-corrected chi connectivity index (χ3v) is 6.29. The first-order chi connectivity index (χ1) is 9.73. The Balaban J connectivity index is 2.32. The molecule has 21 heavy (non-hydrogen) atoms. The van der Waals surface area contributed by atoms with Gasteiger partial charge < -0.3 is 5.11 Å². The van der Waals surface area contributed by atoms with Gasteiger partial charge in [0, 0.05) is 17.6 Å². The van der Waals surface area contributed by atoms with Crippen molar-refractivity contribution in [2.45, 2.75) is 37.6 Å². The zero-order chi connectivity index (χ0) is 15.8. The molecule has 2 atom stereocenters. The van der Waals surface area contributed by atoms with Crippen LogP contribution in [0.5, 0.6) is 0 Å². The number of benzene rings is 1. The van der Waals surface area contributed by atoms with Gasteiger partial charge in [-0.15, -0.1) is 0 Å². The molecule has 0 aromatic heterocycles. The van der Waals surface area contributed by atoms with Crippen LogP contribution in [0.25, 0.3) is 0 Å². The summed E-state index contributed by atoms with van der Waals surface area (Å²) in [5, 5.41) is 9.43. The molecule has 0 radical (unpaired) electrons. The first-order valence-corrected chi connectivity index (χ1v) is 8.56. The van der Waals surface area contributed by atoms with Crippen LogP contribution < -0.4 is 0 Å². The lowest BCUT2D eigenvalue weighted by atomic mass is 9.93. The summed E-state index contributed by atoms with van der Waals surface area (Å²) in [6.45, 7) is 3.68. The maximum absolute atomic E-state index is 12.8. The normalized spacial score (nSPS) is 24.0. The Kier molecular flexibility index (Phi) is 4.60. The Morgan fingerprint density at radius 3 is 2.67 bits per heavy atom. The Bertz CT molecular complexity index is 659. The van der Waals surface area contributed by atoms with E-state index in [1.165, 1.54) is 10.4 Å². The van der Waals surface area contributed by atoms with Crippen LogP contribution in [0.1, 0.15) is 25.3 Å². The smallest absolute Gasteiger partial charge is 0.306 e. The van der Waals surface area contributed by atoms with Crippen LogP contribution in [0.4, 0.5) is 0 Å². The topological polar surface area (TPSA) is 74.7 Å². The summed E-state index contributed by atoms with van der Waals surface area (Å²) in [6.07, 6.45) is 0.659. The highest BCUT2D eigenvalue weighted by atomic mass is 35.5. The number of hydrogen-bond donors (Lipinski definition) is 1. The number of rotatable bonds is 3. The lowest BCUT2D eigenvalue weighted by Crippen LogP contribution is -2.46. The highest BCUT2D eigenvalue weighted by Gasteiger charge is 2.37. The van der Waals surface area contributed by atoms with Crippen molar-refractivity contribution >= 4 is 27.6 Å². The molecule has 0 bridgehead atoms. The Morgan fingerprint density at radius 2 is 2.10 bits per heavy atom. The average Bonchev–Trinajstić information content (AvgIpc) is 2.40. The molecule has 1 aliphatic rings. The van der Waals surface area contributed by atoms with E-state index in [4.69, 9.17) is 16.7 Å². The molecule has 1 N–H and O–H groups in total. The minimum atomic E-state index is -3.66. The van der Waals surface area contributed by atoms with E-state index < -0.39 is 21.9 Å². The van der Waals surface area contributed by atoms with Gasteiger partial charge in [-0.1, -0.05) is 17.7 Å². The van der Waals surface area contributed by atoms with E-state index in [0.717, 1.165) is 0 Å². The van der Waals surface area contributed by atoms with Gasteiger partial charge in [-0.3, -0.25) is 4.79 Å². The van der Waals surface area contributed by atoms with Gasteiger partial charge in [0.1, 0.15) is 0 Å². The SMILES string of the molecule is Cc1ccc(Cl)cc1S(=O)(=O)N1CCC(C(=O)O)CC1C. The van der Waals surface area contributed by atoms with E-state index in [1.54, 1.807) is 26.0 Å². The van der Waals surface area contributed by atoms with Crippen molar-refractivity contribution in [2.24, 2.45) is 5.92 Å². The number of halogens is 1. The minimum absolute atomic E-state index is 0.190. The molecule has 0 amide bonds. The molecule has 0 spiro atoms. The number of sulfonamides is 1. The fraction of sp³-hybridized carbons (Fsp3) is 0.500. The molecule has 2 rings (SSSR count). The van der Waals surface area contributed by atoms with Crippen LogP contribution in [0.2, 0.25) is 5.02 Å². The first kappa shape index (κ1) is 16.3. The highest BCUT2D eigenvalue weighted by Crippen LogP contribution is 2.30. The van der Waals surface area contributed by atoms with Crippen molar-refractivity contribution < 1.29 is 18.3 Å². The van der Waals surface area contributed by atoms with Gasteiger partial charge >= 0.3 is 5.97 Å². The van der Waals surface area contributed by atoms with E-state index >= 15 is 0 Å². The van der Waals surface area contributed by atoms with Crippen molar-refractivity contribution in [2.75, 3.05) is 6.54 Å². The monoisotopic (exact) mass is 331 g/mol. The van der Waals surface area contributed by atoms with E-state index in [9.17, 15) is 13.2 Å². The molecule has 5 nitrogen and oxygen atoms in total. The van der Waals surface area contributed by atoms with Crippen LogP contribution in [0, 0.1) is 12.8 Å². The molecule has 1 aliphatic heterocycles. The number of carboxylic acid groups (broad SMARTS) is 1. The second kappa shape index (κ2) is 5.94. The van der Waals surface area contributed by atoms with E-state index in [2.05, 4.69) is 0 Å². The standard InChI is InChI=1S/C14H18ClNO4S/c1-9-3-4-12(15)8-13(9)21(19,20)16-6-5-11(14(17)18)7-10(16)2/h3-4,8,10-11H,5-7H2,1-2H3,(H,17,18). The van der Waals surface area contributed by atoms with E-state index in [1.807, 2.05) is 0 Å². The largest absolute Gasteiger partial charge is 0.481 e. The number of carbonyl (C=O) groups is 1. The predicted molar refractivity (Wildman–Crippen MR) is 79.9 cm³/mol. The second-order valence-corrected chi connectivity index (χ2v) is 7.73. The van der Waals surface area contributed by atoms with Gasteiger partial charge in [-0.25, -0.2) is 8.42 Å². The molecule has 1 aromatic rings. The minimum Gasteiger partial charge on any atom is -0.481 e. The van der Waals surface area contributed by atoms with Gasteiger partial charge in [0.25, 0.3) is 0 Å². The van der Waals surface area contributed by atoms with Gasteiger partial charge in [-0.2, -0.15) is 4.31 Å². The summed E-state index contributed by atoms with van der Waals surface area (Å²) in [7, 11) is -3.66. The first-order valence-electron chi connectivity index (χ1n) is 6.74. The number of carboxylic acids is 1.